The second-order valence-corrected chi connectivity index (χ2v) is 3.03. The number of halogens is 3. The molecule has 0 aliphatic heterocycles. The third-order valence-corrected chi connectivity index (χ3v) is 2.08. The van der Waals surface area contributed by atoms with Crippen LogP contribution in [-0.2, 0) is 5.88 Å². The lowest BCUT2D eigenvalue weighted by Gasteiger charge is -2.08. The van der Waals surface area contributed by atoms with Crippen LogP contribution in [0, 0.1) is 11.3 Å². The van der Waals surface area contributed by atoms with Crippen LogP contribution in [0.3, 0.4) is 0 Å². The van der Waals surface area contributed by atoms with E-state index in [0.717, 1.165) is 6.07 Å². The lowest BCUT2D eigenvalue weighted by Crippen LogP contribution is -2.08. The summed E-state index contributed by atoms with van der Waals surface area (Å²) in [7, 11) is 0. The van der Waals surface area contributed by atoms with Crippen molar-refractivity contribution in [1.29, 1.82) is 5.26 Å². The minimum absolute atomic E-state index is 0.284. The molecule has 0 bridgehead atoms. The number of hydrogen-bond donors (Lipinski definition) is 1. The van der Waals surface area contributed by atoms with Gasteiger partial charge in [0.2, 0.25) is 0 Å². The van der Waals surface area contributed by atoms with Gasteiger partial charge in [-0.3, -0.25) is 0 Å². The zero-order chi connectivity index (χ0) is 12.3. The number of hydrogen-bond acceptors (Lipinski definition) is 3. The number of aromatic carboxylic acids is 1. The van der Waals surface area contributed by atoms with Gasteiger partial charge in [-0.05, 0) is 6.07 Å². The molecule has 0 spiro atoms. The van der Waals surface area contributed by atoms with Gasteiger partial charge in [0.25, 0.3) is 6.43 Å². The average molecular weight is 247 g/mol. The van der Waals surface area contributed by atoms with E-state index in [4.69, 9.17) is 22.0 Å². The van der Waals surface area contributed by atoms with Crippen LogP contribution in [0.25, 0.3) is 0 Å². The van der Waals surface area contributed by atoms with Gasteiger partial charge in [0.1, 0.15) is 5.69 Å². The summed E-state index contributed by atoms with van der Waals surface area (Å²) >= 11 is 5.38. The third-order valence-electron chi connectivity index (χ3n) is 1.82. The van der Waals surface area contributed by atoms with Crippen molar-refractivity contribution in [3.05, 3.63) is 28.6 Å². The van der Waals surface area contributed by atoms with Crippen LogP contribution in [0.1, 0.15) is 33.7 Å². The number of rotatable bonds is 3. The smallest absolute Gasteiger partial charge is 0.354 e. The Hall–Kier alpha value is -1.74. The van der Waals surface area contributed by atoms with Crippen LogP contribution < -0.4 is 0 Å². The van der Waals surface area contributed by atoms with Crippen molar-refractivity contribution in [3.8, 4) is 6.07 Å². The van der Waals surface area contributed by atoms with Crippen molar-refractivity contribution in [2.24, 2.45) is 0 Å². The lowest BCUT2D eigenvalue weighted by molar-refractivity contribution is 0.0689. The molecule has 0 aliphatic rings. The molecule has 1 aromatic heterocycles. The quantitative estimate of drug-likeness (QED) is 0.831. The summed E-state index contributed by atoms with van der Waals surface area (Å²) < 4.78 is 25.2. The second-order valence-electron chi connectivity index (χ2n) is 2.77. The number of carbonyl (C=O) groups is 1. The molecular formula is C9H5ClF2N2O2. The number of pyridine rings is 1. The monoisotopic (exact) mass is 246 g/mol. The summed E-state index contributed by atoms with van der Waals surface area (Å²) in [5, 5.41) is 17.3. The van der Waals surface area contributed by atoms with Gasteiger partial charge in [0, 0.05) is 0 Å². The van der Waals surface area contributed by atoms with Crippen molar-refractivity contribution in [1.82, 2.24) is 4.98 Å². The third kappa shape index (κ3) is 2.25. The number of alkyl halides is 3. The molecule has 84 valence electrons. The van der Waals surface area contributed by atoms with E-state index >= 15 is 0 Å². The summed E-state index contributed by atoms with van der Waals surface area (Å²) in [4.78, 5) is 14.1. The molecule has 16 heavy (non-hydrogen) atoms. The standard InChI is InChI=1S/C9H5ClF2N2O2/c10-2-6-7(8(11)12)4(3-13)1-5(14-6)9(15)16/h1,8H,2H2,(H,15,16). The number of nitriles is 1. The number of nitrogens with zero attached hydrogens (tertiary/aromatic N) is 2. The summed E-state index contributed by atoms with van der Waals surface area (Å²) in [5.41, 5.74) is -1.79. The first-order chi connectivity index (χ1) is 7.51. The van der Waals surface area contributed by atoms with E-state index in [1.54, 1.807) is 0 Å². The molecule has 0 saturated carbocycles. The summed E-state index contributed by atoms with van der Waals surface area (Å²) in [6, 6.07) is 2.31. The molecule has 1 rings (SSSR count). The molecule has 1 aromatic rings. The van der Waals surface area contributed by atoms with E-state index in [0.29, 0.717) is 0 Å². The molecule has 0 fully saturated rings. The minimum atomic E-state index is -2.92. The van der Waals surface area contributed by atoms with E-state index in [1.807, 2.05) is 0 Å². The summed E-state index contributed by atoms with van der Waals surface area (Å²) in [6.07, 6.45) is -2.92. The molecule has 0 radical (unpaired) electrons. The Balaban J connectivity index is 3.51. The SMILES string of the molecule is N#Cc1cc(C(=O)O)nc(CCl)c1C(F)F. The van der Waals surface area contributed by atoms with E-state index in [2.05, 4.69) is 4.98 Å². The first-order valence-electron chi connectivity index (χ1n) is 4.02. The number of carboxylic acids is 1. The zero-order valence-corrected chi connectivity index (χ0v) is 8.50. The summed E-state index contributed by atoms with van der Waals surface area (Å²) in [5.74, 6) is -1.78. The van der Waals surface area contributed by atoms with Crippen molar-refractivity contribution >= 4 is 17.6 Å². The highest BCUT2D eigenvalue weighted by molar-refractivity contribution is 6.17. The number of carboxylic acid groups (broad SMARTS) is 1. The Morgan fingerprint density at radius 2 is 2.31 bits per heavy atom. The average Bonchev–Trinajstić information content (AvgIpc) is 2.26. The zero-order valence-electron chi connectivity index (χ0n) is 7.75. The molecule has 4 nitrogen and oxygen atoms in total. The fourth-order valence-corrected chi connectivity index (χ4v) is 1.36. The first-order valence-corrected chi connectivity index (χ1v) is 4.56. The Morgan fingerprint density at radius 3 is 2.69 bits per heavy atom. The van der Waals surface area contributed by atoms with Crippen molar-refractivity contribution < 1.29 is 18.7 Å². The van der Waals surface area contributed by atoms with Crippen LogP contribution >= 0.6 is 11.6 Å². The van der Waals surface area contributed by atoms with Crippen LogP contribution in [0.4, 0.5) is 8.78 Å². The van der Waals surface area contributed by atoms with Gasteiger partial charge < -0.3 is 5.11 Å². The molecule has 7 heteroatoms. The van der Waals surface area contributed by atoms with Gasteiger partial charge in [0.05, 0.1) is 28.8 Å². The van der Waals surface area contributed by atoms with Gasteiger partial charge in [-0.25, -0.2) is 18.6 Å². The molecule has 0 amide bonds. The fraction of sp³-hybridized carbons (Fsp3) is 0.222. The van der Waals surface area contributed by atoms with Crippen LogP contribution in [-0.4, -0.2) is 16.1 Å². The number of aromatic nitrogens is 1. The van der Waals surface area contributed by atoms with E-state index in [9.17, 15) is 13.6 Å². The lowest BCUT2D eigenvalue weighted by atomic mass is 10.1. The normalized spacial score (nSPS) is 10.2. The maximum Gasteiger partial charge on any atom is 0.354 e. The van der Waals surface area contributed by atoms with Gasteiger partial charge in [-0.2, -0.15) is 5.26 Å². The largest absolute Gasteiger partial charge is 0.477 e. The molecule has 0 aliphatic carbocycles. The molecule has 1 heterocycles. The van der Waals surface area contributed by atoms with Crippen molar-refractivity contribution in [3.63, 3.8) is 0 Å². The molecule has 0 atom stereocenters. The second kappa shape index (κ2) is 4.86. The predicted molar refractivity (Wildman–Crippen MR) is 50.4 cm³/mol. The van der Waals surface area contributed by atoms with E-state index in [1.165, 1.54) is 6.07 Å². The van der Waals surface area contributed by atoms with Crippen LogP contribution in [0.15, 0.2) is 6.07 Å². The molecule has 1 N–H and O–H groups in total. The van der Waals surface area contributed by atoms with E-state index in [-0.39, 0.29) is 11.6 Å². The molecule has 0 aromatic carbocycles. The van der Waals surface area contributed by atoms with Gasteiger partial charge in [-0.1, -0.05) is 0 Å². The van der Waals surface area contributed by atoms with Gasteiger partial charge in [-0.15, -0.1) is 11.6 Å². The highest BCUT2D eigenvalue weighted by atomic mass is 35.5. The van der Waals surface area contributed by atoms with Crippen LogP contribution in [0.2, 0.25) is 0 Å². The summed E-state index contributed by atoms with van der Waals surface area (Å²) in [6.45, 7) is 0. The van der Waals surface area contributed by atoms with Crippen molar-refractivity contribution in [2.75, 3.05) is 0 Å². The maximum absolute atomic E-state index is 12.6. The maximum atomic E-state index is 12.6. The topological polar surface area (TPSA) is 74.0 Å². The Labute approximate surface area is 94.1 Å². The van der Waals surface area contributed by atoms with Crippen LogP contribution in [0.5, 0.6) is 0 Å². The highest BCUT2D eigenvalue weighted by Gasteiger charge is 2.21. The van der Waals surface area contributed by atoms with Gasteiger partial charge in [0.15, 0.2) is 0 Å². The Morgan fingerprint density at radius 1 is 1.69 bits per heavy atom. The Kier molecular flexibility index (Phi) is 3.74. The highest BCUT2D eigenvalue weighted by Crippen LogP contribution is 2.27. The predicted octanol–water partition coefficient (Wildman–Crippen LogP) is 2.33. The fourth-order valence-electron chi connectivity index (χ4n) is 1.16. The minimum Gasteiger partial charge on any atom is -0.477 e. The first kappa shape index (κ1) is 12.3. The van der Waals surface area contributed by atoms with Gasteiger partial charge >= 0.3 is 5.97 Å². The van der Waals surface area contributed by atoms with Crippen molar-refractivity contribution in [2.45, 2.75) is 12.3 Å². The Bertz CT molecular complexity index is 471. The molecule has 0 saturated heterocycles. The molecule has 0 unspecified atom stereocenters. The van der Waals surface area contributed by atoms with E-state index < -0.39 is 29.2 Å². The molecular weight excluding hydrogens is 242 g/mol.